The third-order valence-electron chi connectivity index (χ3n) is 4.57. The van der Waals surface area contributed by atoms with Gasteiger partial charge in [0.05, 0.1) is 13.7 Å². The van der Waals surface area contributed by atoms with Gasteiger partial charge in [0, 0.05) is 37.8 Å². The molecule has 2 aliphatic heterocycles. The zero-order chi connectivity index (χ0) is 16.2. The second-order valence-electron chi connectivity index (χ2n) is 6.04. The maximum atomic E-state index is 12.7. The number of nitrogens with zero attached hydrogens (tertiary/aromatic N) is 2. The maximum absolute atomic E-state index is 12.7. The zero-order valence-electron chi connectivity index (χ0n) is 13.5. The van der Waals surface area contributed by atoms with Crippen molar-refractivity contribution in [2.45, 2.75) is 18.9 Å². The fourth-order valence-electron chi connectivity index (χ4n) is 3.34. The van der Waals surface area contributed by atoms with E-state index in [-0.39, 0.29) is 17.9 Å². The number of hydrogen-bond donors (Lipinski definition) is 1. The molecule has 0 aliphatic carbocycles. The number of likely N-dealkylation sites (tertiary alicyclic amines) is 1. The number of piperidine rings is 1. The molecule has 124 valence electrons. The number of piperazine rings is 1. The van der Waals surface area contributed by atoms with Crippen molar-refractivity contribution in [1.29, 1.82) is 0 Å². The normalized spacial score (nSPS) is 22.1. The van der Waals surface area contributed by atoms with Crippen molar-refractivity contribution < 1.29 is 14.3 Å². The highest BCUT2D eigenvalue weighted by molar-refractivity contribution is 5.94. The first kappa shape index (κ1) is 15.8. The van der Waals surface area contributed by atoms with Crippen molar-refractivity contribution in [2.24, 2.45) is 0 Å². The summed E-state index contributed by atoms with van der Waals surface area (Å²) in [6, 6.07) is 7.36. The summed E-state index contributed by atoms with van der Waals surface area (Å²) in [7, 11) is 1.59. The van der Waals surface area contributed by atoms with Crippen LogP contribution in [0, 0.1) is 0 Å². The Hall–Kier alpha value is -2.08. The molecule has 1 unspecified atom stereocenters. The van der Waals surface area contributed by atoms with Gasteiger partial charge in [0.2, 0.25) is 5.91 Å². The van der Waals surface area contributed by atoms with Crippen molar-refractivity contribution in [3.63, 3.8) is 0 Å². The molecule has 1 aromatic rings. The number of benzene rings is 1. The van der Waals surface area contributed by atoms with Crippen LogP contribution in [0.2, 0.25) is 0 Å². The smallest absolute Gasteiger partial charge is 0.254 e. The van der Waals surface area contributed by atoms with Gasteiger partial charge in [-0.15, -0.1) is 0 Å². The topological polar surface area (TPSA) is 61.9 Å². The quantitative estimate of drug-likeness (QED) is 0.893. The summed E-state index contributed by atoms with van der Waals surface area (Å²) < 4.78 is 5.19. The Morgan fingerprint density at radius 2 is 2.22 bits per heavy atom. The number of nitrogens with one attached hydrogen (secondary N) is 1. The molecule has 6 heteroatoms. The van der Waals surface area contributed by atoms with E-state index in [0.29, 0.717) is 24.4 Å². The lowest BCUT2D eigenvalue weighted by Crippen LogP contribution is -2.57. The van der Waals surface area contributed by atoms with Gasteiger partial charge in [-0.1, -0.05) is 6.07 Å². The molecule has 0 aromatic heterocycles. The summed E-state index contributed by atoms with van der Waals surface area (Å²) >= 11 is 0. The highest BCUT2D eigenvalue weighted by Gasteiger charge is 2.31. The van der Waals surface area contributed by atoms with E-state index in [9.17, 15) is 9.59 Å². The Morgan fingerprint density at radius 3 is 3.00 bits per heavy atom. The average molecular weight is 317 g/mol. The predicted octanol–water partition coefficient (Wildman–Crippen LogP) is 0.732. The third kappa shape index (κ3) is 3.47. The predicted molar refractivity (Wildman–Crippen MR) is 86.5 cm³/mol. The van der Waals surface area contributed by atoms with Crippen LogP contribution in [0.4, 0.5) is 0 Å². The van der Waals surface area contributed by atoms with E-state index in [0.717, 1.165) is 32.5 Å². The molecular weight excluding hydrogens is 294 g/mol. The second kappa shape index (κ2) is 7.00. The van der Waals surface area contributed by atoms with Crippen molar-refractivity contribution in [1.82, 2.24) is 15.1 Å². The SMILES string of the molecule is COc1cccc(C(=O)N2CCCC(N3CCNCC3=O)C2)c1. The zero-order valence-corrected chi connectivity index (χ0v) is 13.5. The summed E-state index contributed by atoms with van der Waals surface area (Å²) in [4.78, 5) is 28.6. The van der Waals surface area contributed by atoms with Crippen LogP contribution in [0.25, 0.3) is 0 Å². The molecular formula is C17H23N3O3. The average Bonchev–Trinajstić information content (AvgIpc) is 2.61. The lowest BCUT2D eigenvalue weighted by Gasteiger charge is -2.41. The Bertz CT molecular complexity index is 590. The van der Waals surface area contributed by atoms with Crippen LogP contribution in [0.3, 0.4) is 0 Å². The van der Waals surface area contributed by atoms with Gasteiger partial charge in [-0.25, -0.2) is 0 Å². The van der Waals surface area contributed by atoms with E-state index >= 15 is 0 Å². The molecule has 2 aliphatic rings. The molecule has 1 N–H and O–H groups in total. The van der Waals surface area contributed by atoms with Crippen molar-refractivity contribution >= 4 is 11.8 Å². The molecule has 6 nitrogen and oxygen atoms in total. The van der Waals surface area contributed by atoms with E-state index in [4.69, 9.17) is 4.74 Å². The minimum atomic E-state index is 0.0104. The van der Waals surface area contributed by atoms with Crippen LogP contribution in [-0.2, 0) is 4.79 Å². The largest absolute Gasteiger partial charge is 0.497 e. The Labute approximate surface area is 136 Å². The number of carbonyl (C=O) groups is 2. The molecule has 2 amide bonds. The van der Waals surface area contributed by atoms with Crippen molar-refractivity contribution in [3.8, 4) is 5.75 Å². The third-order valence-corrected chi connectivity index (χ3v) is 4.57. The lowest BCUT2D eigenvalue weighted by molar-refractivity contribution is -0.135. The highest BCUT2D eigenvalue weighted by Crippen LogP contribution is 2.20. The molecule has 2 saturated heterocycles. The fraction of sp³-hybridized carbons (Fsp3) is 0.529. The first-order valence-corrected chi connectivity index (χ1v) is 8.12. The van der Waals surface area contributed by atoms with Crippen LogP contribution in [0.15, 0.2) is 24.3 Å². The van der Waals surface area contributed by atoms with Gasteiger partial charge in [-0.05, 0) is 31.0 Å². The van der Waals surface area contributed by atoms with Gasteiger partial charge < -0.3 is 19.9 Å². The minimum Gasteiger partial charge on any atom is -0.497 e. The van der Waals surface area contributed by atoms with Gasteiger partial charge in [-0.3, -0.25) is 9.59 Å². The Balaban J connectivity index is 1.70. The summed E-state index contributed by atoms with van der Waals surface area (Å²) in [6.45, 7) is 3.31. The maximum Gasteiger partial charge on any atom is 0.254 e. The van der Waals surface area contributed by atoms with Crippen molar-refractivity contribution in [2.75, 3.05) is 39.8 Å². The van der Waals surface area contributed by atoms with Gasteiger partial charge in [-0.2, -0.15) is 0 Å². The Kier molecular flexibility index (Phi) is 4.81. The highest BCUT2D eigenvalue weighted by atomic mass is 16.5. The van der Waals surface area contributed by atoms with Gasteiger partial charge in [0.15, 0.2) is 0 Å². The van der Waals surface area contributed by atoms with Gasteiger partial charge in [0.1, 0.15) is 5.75 Å². The molecule has 23 heavy (non-hydrogen) atoms. The van der Waals surface area contributed by atoms with Gasteiger partial charge in [0.25, 0.3) is 5.91 Å². The minimum absolute atomic E-state index is 0.0104. The number of methoxy groups -OCH3 is 1. The number of amides is 2. The summed E-state index contributed by atoms with van der Waals surface area (Å²) in [5.41, 5.74) is 0.636. The molecule has 2 fully saturated rings. The first-order valence-electron chi connectivity index (χ1n) is 8.12. The summed E-state index contributed by atoms with van der Waals surface area (Å²) in [6.07, 6.45) is 1.89. The van der Waals surface area contributed by atoms with Crippen LogP contribution in [-0.4, -0.2) is 67.5 Å². The summed E-state index contributed by atoms with van der Waals surface area (Å²) in [5.74, 6) is 0.829. The molecule has 2 heterocycles. The van der Waals surface area contributed by atoms with E-state index in [1.807, 2.05) is 28.0 Å². The molecule has 0 spiro atoms. The number of carbonyl (C=O) groups excluding carboxylic acids is 2. The second-order valence-corrected chi connectivity index (χ2v) is 6.04. The standard InChI is InChI=1S/C17H23N3O3/c1-23-15-6-2-4-13(10-15)17(22)19-8-3-5-14(12-19)20-9-7-18-11-16(20)21/h2,4,6,10,14,18H,3,5,7-9,11-12H2,1H3. The van der Waals surface area contributed by atoms with Crippen LogP contribution in [0.5, 0.6) is 5.75 Å². The van der Waals surface area contributed by atoms with E-state index < -0.39 is 0 Å². The first-order chi connectivity index (χ1) is 11.2. The molecule has 3 rings (SSSR count). The molecule has 0 saturated carbocycles. The van der Waals surface area contributed by atoms with Gasteiger partial charge >= 0.3 is 0 Å². The molecule has 1 atom stereocenters. The van der Waals surface area contributed by atoms with E-state index in [2.05, 4.69) is 5.32 Å². The Morgan fingerprint density at radius 1 is 1.35 bits per heavy atom. The number of ether oxygens (including phenoxy) is 1. The van der Waals surface area contributed by atoms with E-state index in [1.165, 1.54) is 0 Å². The summed E-state index contributed by atoms with van der Waals surface area (Å²) in [5, 5.41) is 3.09. The van der Waals surface area contributed by atoms with E-state index in [1.54, 1.807) is 13.2 Å². The molecule has 0 radical (unpaired) electrons. The molecule has 0 bridgehead atoms. The number of rotatable bonds is 3. The van der Waals surface area contributed by atoms with Crippen LogP contribution in [0.1, 0.15) is 23.2 Å². The number of hydrogen-bond acceptors (Lipinski definition) is 4. The van der Waals surface area contributed by atoms with Crippen LogP contribution >= 0.6 is 0 Å². The monoisotopic (exact) mass is 317 g/mol. The molecule has 1 aromatic carbocycles. The van der Waals surface area contributed by atoms with Crippen molar-refractivity contribution in [3.05, 3.63) is 29.8 Å². The lowest BCUT2D eigenvalue weighted by atomic mass is 10.0. The fourth-order valence-corrected chi connectivity index (χ4v) is 3.34. The van der Waals surface area contributed by atoms with Crippen LogP contribution < -0.4 is 10.1 Å².